The molecule has 1 atom stereocenters. The Morgan fingerprint density at radius 1 is 1.50 bits per heavy atom. The number of quaternary nitrogens is 1. The Hall–Kier alpha value is -0.890. The maximum absolute atomic E-state index is 12.9. The van der Waals surface area contributed by atoms with Crippen LogP contribution in [0.3, 0.4) is 0 Å². The minimum atomic E-state index is -0.786. The number of likely N-dealkylation sites (N-methyl/N-ethyl adjacent to an activating group) is 1. The standard InChI is InChI=1S/C10H13FN/c1-12(2)6-5-8-7-9(11)3-4-10(8)12/h4-7,9H,3H2,1-2H3/q+1. The highest BCUT2D eigenvalue weighted by molar-refractivity contribution is 5.42. The molecule has 1 aliphatic heterocycles. The number of rotatable bonds is 0. The normalized spacial score (nSPS) is 31.1. The number of hydrogen-bond donors (Lipinski definition) is 0. The molecule has 1 unspecified atom stereocenters. The third kappa shape index (κ3) is 1.03. The number of nitrogens with zero attached hydrogens (tertiary/aromatic N) is 1. The zero-order valence-electron chi connectivity index (χ0n) is 7.42. The first-order chi connectivity index (χ1) is 5.59. The molecule has 1 aliphatic carbocycles. The largest absolute Gasteiger partial charge is 0.269 e. The zero-order valence-corrected chi connectivity index (χ0v) is 7.42. The number of fused-ring (bicyclic) bond motifs is 1. The lowest BCUT2D eigenvalue weighted by atomic mass is 10.0. The van der Waals surface area contributed by atoms with Gasteiger partial charge in [-0.2, -0.15) is 0 Å². The van der Waals surface area contributed by atoms with E-state index in [0.717, 1.165) is 10.1 Å². The van der Waals surface area contributed by atoms with Crippen molar-refractivity contribution in [2.45, 2.75) is 12.6 Å². The van der Waals surface area contributed by atoms with E-state index in [4.69, 9.17) is 0 Å². The van der Waals surface area contributed by atoms with Crippen molar-refractivity contribution in [3.8, 4) is 0 Å². The van der Waals surface area contributed by atoms with E-state index in [9.17, 15) is 4.39 Å². The van der Waals surface area contributed by atoms with Crippen molar-refractivity contribution in [2.75, 3.05) is 14.1 Å². The SMILES string of the molecule is C[N+]1(C)C=CC2=CC(F)CC=C21. The van der Waals surface area contributed by atoms with Crippen LogP contribution in [0.4, 0.5) is 4.39 Å². The molecule has 0 aromatic carbocycles. The van der Waals surface area contributed by atoms with Gasteiger partial charge in [0.2, 0.25) is 0 Å². The highest BCUT2D eigenvalue weighted by Gasteiger charge is 2.31. The first-order valence-electron chi connectivity index (χ1n) is 4.19. The van der Waals surface area contributed by atoms with E-state index >= 15 is 0 Å². The Morgan fingerprint density at radius 2 is 2.25 bits per heavy atom. The summed E-state index contributed by atoms with van der Waals surface area (Å²) >= 11 is 0. The van der Waals surface area contributed by atoms with Crippen LogP contribution in [0.25, 0.3) is 0 Å². The molecule has 0 aromatic rings. The average molecular weight is 166 g/mol. The summed E-state index contributed by atoms with van der Waals surface area (Å²) in [6.45, 7) is 0. The molecule has 1 nitrogen and oxygen atoms in total. The fourth-order valence-electron chi connectivity index (χ4n) is 1.75. The van der Waals surface area contributed by atoms with Gasteiger partial charge in [0.1, 0.15) is 18.1 Å². The Balaban J connectivity index is 2.40. The van der Waals surface area contributed by atoms with Gasteiger partial charge >= 0.3 is 0 Å². The lowest BCUT2D eigenvalue weighted by Gasteiger charge is -2.24. The van der Waals surface area contributed by atoms with Crippen LogP contribution in [-0.2, 0) is 0 Å². The lowest BCUT2D eigenvalue weighted by Crippen LogP contribution is -2.30. The molecule has 2 rings (SSSR count). The molecule has 64 valence electrons. The van der Waals surface area contributed by atoms with Crippen molar-refractivity contribution in [1.82, 2.24) is 0 Å². The van der Waals surface area contributed by atoms with Crippen LogP contribution in [-0.4, -0.2) is 24.8 Å². The molecule has 0 spiro atoms. The molecule has 0 saturated heterocycles. The molecule has 0 amide bonds. The molecule has 0 radical (unpaired) electrons. The van der Waals surface area contributed by atoms with E-state index in [1.807, 2.05) is 12.2 Å². The fourth-order valence-corrected chi connectivity index (χ4v) is 1.75. The van der Waals surface area contributed by atoms with Crippen molar-refractivity contribution in [3.05, 3.63) is 35.7 Å². The third-order valence-electron chi connectivity index (χ3n) is 2.44. The number of hydrogen-bond acceptors (Lipinski definition) is 0. The van der Waals surface area contributed by atoms with Crippen molar-refractivity contribution in [3.63, 3.8) is 0 Å². The van der Waals surface area contributed by atoms with Gasteiger partial charge < -0.3 is 0 Å². The zero-order chi connectivity index (χ0) is 8.77. The molecule has 1 heterocycles. The number of halogens is 1. The quantitative estimate of drug-likeness (QED) is 0.484. The number of alkyl halides is 1. The van der Waals surface area contributed by atoms with Gasteiger partial charge in [-0.1, -0.05) is 0 Å². The average Bonchev–Trinajstić information content (AvgIpc) is 2.27. The molecule has 2 heteroatoms. The first kappa shape index (κ1) is 7.74. The summed E-state index contributed by atoms with van der Waals surface area (Å²) in [6.07, 6.45) is 7.53. The van der Waals surface area contributed by atoms with Gasteiger partial charge in [-0.15, -0.1) is 0 Å². The van der Waals surface area contributed by atoms with E-state index in [1.54, 1.807) is 6.08 Å². The predicted molar refractivity (Wildman–Crippen MR) is 46.9 cm³/mol. The van der Waals surface area contributed by atoms with Gasteiger partial charge in [0, 0.05) is 18.1 Å². The van der Waals surface area contributed by atoms with Crippen molar-refractivity contribution in [2.24, 2.45) is 0 Å². The van der Waals surface area contributed by atoms with Gasteiger partial charge in [-0.3, -0.25) is 4.48 Å². The third-order valence-corrected chi connectivity index (χ3v) is 2.44. The van der Waals surface area contributed by atoms with E-state index < -0.39 is 6.17 Å². The predicted octanol–water partition coefficient (Wildman–Crippen LogP) is 2.14. The summed E-state index contributed by atoms with van der Waals surface area (Å²) in [6, 6.07) is 0. The van der Waals surface area contributed by atoms with E-state index in [0.29, 0.717) is 6.42 Å². The molecule has 2 aliphatic rings. The second kappa shape index (κ2) is 2.30. The highest BCUT2D eigenvalue weighted by Crippen LogP contribution is 2.33. The fraction of sp³-hybridized carbons (Fsp3) is 0.400. The Labute approximate surface area is 72.1 Å². The van der Waals surface area contributed by atoms with Gasteiger partial charge in [0.05, 0.1) is 14.1 Å². The van der Waals surface area contributed by atoms with Crippen molar-refractivity contribution in [1.29, 1.82) is 0 Å². The second-order valence-corrected chi connectivity index (χ2v) is 3.82. The Bertz CT molecular complexity index is 297. The van der Waals surface area contributed by atoms with E-state index in [1.165, 1.54) is 5.70 Å². The van der Waals surface area contributed by atoms with Crippen LogP contribution >= 0.6 is 0 Å². The minimum absolute atomic E-state index is 0.530. The molecular weight excluding hydrogens is 153 g/mol. The first-order valence-corrected chi connectivity index (χ1v) is 4.19. The minimum Gasteiger partial charge on any atom is -0.269 e. The van der Waals surface area contributed by atoms with Crippen LogP contribution < -0.4 is 0 Å². The summed E-state index contributed by atoms with van der Waals surface area (Å²) in [5.41, 5.74) is 2.28. The van der Waals surface area contributed by atoms with Gasteiger partial charge in [0.25, 0.3) is 0 Å². The molecule has 12 heavy (non-hydrogen) atoms. The van der Waals surface area contributed by atoms with Crippen LogP contribution in [0.2, 0.25) is 0 Å². The van der Waals surface area contributed by atoms with E-state index in [2.05, 4.69) is 20.3 Å². The smallest absolute Gasteiger partial charge is 0.140 e. The summed E-state index contributed by atoms with van der Waals surface area (Å²) in [5, 5.41) is 0. The Morgan fingerprint density at radius 3 is 3.00 bits per heavy atom. The summed E-state index contributed by atoms with van der Waals surface area (Å²) in [7, 11) is 4.20. The topological polar surface area (TPSA) is 0 Å². The monoisotopic (exact) mass is 166 g/mol. The summed E-state index contributed by atoms with van der Waals surface area (Å²) < 4.78 is 13.7. The maximum atomic E-state index is 12.9. The molecule has 0 bridgehead atoms. The van der Waals surface area contributed by atoms with Crippen LogP contribution in [0.15, 0.2) is 35.7 Å². The number of allylic oxidation sites excluding steroid dienone is 3. The molecule has 0 fully saturated rings. The summed E-state index contributed by atoms with van der Waals surface area (Å²) in [5.74, 6) is 0. The maximum Gasteiger partial charge on any atom is 0.140 e. The van der Waals surface area contributed by atoms with Gasteiger partial charge in [-0.05, 0) is 12.2 Å². The molecule has 0 saturated carbocycles. The van der Waals surface area contributed by atoms with Crippen molar-refractivity contribution >= 4 is 0 Å². The molecule has 0 aromatic heterocycles. The highest BCUT2D eigenvalue weighted by atomic mass is 19.1. The van der Waals surface area contributed by atoms with Crippen LogP contribution in [0.5, 0.6) is 0 Å². The van der Waals surface area contributed by atoms with Crippen LogP contribution in [0, 0.1) is 0 Å². The van der Waals surface area contributed by atoms with Gasteiger partial charge in [0.15, 0.2) is 0 Å². The lowest BCUT2D eigenvalue weighted by molar-refractivity contribution is -0.792. The molecule has 0 N–H and O–H groups in total. The van der Waals surface area contributed by atoms with E-state index in [-0.39, 0.29) is 0 Å². The second-order valence-electron chi connectivity index (χ2n) is 3.82. The summed E-state index contributed by atoms with van der Waals surface area (Å²) in [4.78, 5) is 0. The van der Waals surface area contributed by atoms with Gasteiger partial charge in [-0.25, -0.2) is 4.39 Å². The molecular formula is C10H13FN+. The van der Waals surface area contributed by atoms with Crippen molar-refractivity contribution < 1.29 is 8.87 Å². The van der Waals surface area contributed by atoms with Crippen LogP contribution in [0.1, 0.15) is 6.42 Å². The Kier molecular flexibility index (Phi) is 1.48.